The van der Waals surface area contributed by atoms with Crippen molar-refractivity contribution in [2.75, 3.05) is 13.1 Å². The Bertz CT molecular complexity index is 1010. The lowest BCUT2D eigenvalue weighted by atomic mass is 10.1. The summed E-state index contributed by atoms with van der Waals surface area (Å²) in [5.74, 6) is 0. The highest BCUT2D eigenvalue weighted by molar-refractivity contribution is 6.42. The van der Waals surface area contributed by atoms with Crippen LogP contribution in [0.5, 0.6) is 0 Å². The van der Waals surface area contributed by atoms with Crippen LogP contribution in [0.25, 0.3) is 10.9 Å². The molecule has 0 saturated heterocycles. The van der Waals surface area contributed by atoms with E-state index in [1.807, 2.05) is 18.2 Å². The first kappa shape index (κ1) is 19.2. The number of fused-ring (bicyclic) bond motifs is 3. The van der Waals surface area contributed by atoms with Crippen molar-refractivity contribution in [2.24, 2.45) is 0 Å². The molecular formula is C22H22Cl2N2O2. The molecule has 1 N–H and O–H groups in total. The zero-order valence-electron chi connectivity index (χ0n) is 15.5. The number of rotatable bonds is 4. The monoisotopic (exact) mass is 416 g/mol. The zero-order chi connectivity index (χ0) is 19.7. The molecule has 1 aliphatic rings. The summed E-state index contributed by atoms with van der Waals surface area (Å²) in [6.07, 6.45) is 2.55. The second kappa shape index (κ2) is 8.06. The lowest BCUT2D eigenvalue weighted by Gasteiger charge is -2.16. The normalized spacial score (nSPS) is 14.1. The van der Waals surface area contributed by atoms with E-state index in [0.717, 1.165) is 30.3 Å². The number of hydrogen-bond acceptors (Lipinski definition) is 1. The highest BCUT2D eigenvalue weighted by Crippen LogP contribution is 2.35. The largest absolute Gasteiger partial charge is 0.465 e. The Balaban J connectivity index is 1.68. The number of benzene rings is 2. The van der Waals surface area contributed by atoms with E-state index in [1.54, 1.807) is 0 Å². The minimum atomic E-state index is -0.855. The third-order valence-electron chi connectivity index (χ3n) is 5.54. The van der Waals surface area contributed by atoms with Crippen LogP contribution < -0.4 is 0 Å². The highest BCUT2D eigenvalue weighted by atomic mass is 35.5. The molecule has 2 heterocycles. The first-order valence-electron chi connectivity index (χ1n) is 9.55. The topological polar surface area (TPSA) is 45.5 Å². The number of aromatic nitrogens is 1. The molecule has 3 aromatic rings. The van der Waals surface area contributed by atoms with Crippen LogP contribution in [0.1, 0.15) is 23.2 Å². The van der Waals surface area contributed by atoms with Crippen molar-refractivity contribution in [3.63, 3.8) is 0 Å². The molecule has 0 radical (unpaired) electrons. The molecule has 0 aliphatic carbocycles. The molecule has 0 unspecified atom stereocenters. The Morgan fingerprint density at radius 3 is 2.50 bits per heavy atom. The van der Waals surface area contributed by atoms with Crippen LogP contribution in [0.4, 0.5) is 4.79 Å². The Morgan fingerprint density at radius 2 is 1.75 bits per heavy atom. The summed E-state index contributed by atoms with van der Waals surface area (Å²) in [5.41, 5.74) is 4.83. The number of aryl methyl sites for hydroxylation is 2. The lowest BCUT2D eigenvalue weighted by Crippen LogP contribution is -2.31. The van der Waals surface area contributed by atoms with Crippen LogP contribution >= 0.6 is 23.2 Å². The van der Waals surface area contributed by atoms with E-state index in [0.29, 0.717) is 36.0 Å². The molecule has 0 atom stereocenters. The van der Waals surface area contributed by atoms with Crippen molar-refractivity contribution >= 4 is 40.2 Å². The summed E-state index contributed by atoms with van der Waals surface area (Å²) < 4.78 is 2.32. The van der Waals surface area contributed by atoms with Crippen LogP contribution in [-0.4, -0.2) is 33.8 Å². The molecule has 4 rings (SSSR count). The summed E-state index contributed by atoms with van der Waals surface area (Å²) in [6.45, 7) is 1.89. The summed E-state index contributed by atoms with van der Waals surface area (Å²) in [5, 5.41) is 11.6. The molecule has 0 bridgehead atoms. The number of amides is 1. The average molecular weight is 417 g/mol. The quantitative estimate of drug-likeness (QED) is 0.596. The SMILES string of the molecule is O=C(O)N1CCc2c(n(CCCc3ccccc3)c3cc(Cl)c(Cl)cc23)CC1. The van der Waals surface area contributed by atoms with Gasteiger partial charge in [-0.05, 0) is 42.5 Å². The molecule has 2 aromatic carbocycles. The number of carboxylic acid groups (broad SMARTS) is 1. The number of hydrogen-bond donors (Lipinski definition) is 1. The van der Waals surface area contributed by atoms with Crippen LogP contribution in [0.15, 0.2) is 42.5 Å². The summed E-state index contributed by atoms with van der Waals surface area (Å²) >= 11 is 12.6. The molecule has 1 amide bonds. The summed E-state index contributed by atoms with van der Waals surface area (Å²) in [4.78, 5) is 12.9. The van der Waals surface area contributed by atoms with Gasteiger partial charge in [0.2, 0.25) is 0 Å². The number of carbonyl (C=O) groups is 1. The Labute approximate surface area is 174 Å². The summed E-state index contributed by atoms with van der Waals surface area (Å²) in [7, 11) is 0. The molecule has 28 heavy (non-hydrogen) atoms. The molecule has 4 nitrogen and oxygen atoms in total. The van der Waals surface area contributed by atoms with Crippen molar-refractivity contribution in [3.05, 3.63) is 69.3 Å². The van der Waals surface area contributed by atoms with Gasteiger partial charge < -0.3 is 14.6 Å². The van der Waals surface area contributed by atoms with E-state index < -0.39 is 6.09 Å². The van der Waals surface area contributed by atoms with Crippen LogP contribution in [0, 0.1) is 0 Å². The van der Waals surface area contributed by atoms with Crippen LogP contribution in [0.2, 0.25) is 10.0 Å². The molecule has 0 fully saturated rings. The van der Waals surface area contributed by atoms with Gasteiger partial charge in [-0.25, -0.2) is 4.79 Å². The molecule has 1 aromatic heterocycles. The maximum Gasteiger partial charge on any atom is 0.407 e. The molecule has 0 spiro atoms. The van der Waals surface area contributed by atoms with Gasteiger partial charge in [0.15, 0.2) is 0 Å². The molecule has 146 valence electrons. The number of halogens is 2. The van der Waals surface area contributed by atoms with E-state index in [-0.39, 0.29) is 0 Å². The van der Waals surface area contributed by atoms with Gasteiger partial charge in [0.05, 0.1) is 15.6 Å². The first-order chi connectivity index (χ1) is 13.5. The minimum Gasteiger partial charge on any atom is -0.465 e. The van der Waals surface area contributed by atoms with Crippen LogP contribution in [-0.2, 0) is 25.8 Å². The molecule has 6 heteroatoms. The second-order valence-electron chi connectivity index (χ2n) is 7.22. The Morgan fingerprint density at radius 1 is 1.04 bits per heavy atom. The average Bonchev–Trinajstić information content (AvgIpc) is 2.83. The summed E-state index contributed by atoms with van der Waals surface area (Å²) in [6, 6.07) is 14.3. The van der Waals surface area contributed by atoms with Crippen molar-refractivity contribution < 1.29 is 9.90 Å². The third-order valence-corrected chi connectivity index (χ3v) is 6.26. The fourth-order valence-corrected chi connectivity index (χ4v) is 4.48. The van der Waals surface area contributed by atoms with Gasteiger partial charge in [-0.3, -0.25) is 0 Å². The van der Waals surface area contributed by atoms with Gasteiger partial charge in [-0.2, -0.15) is 0 Å². The molecule has 1 aliphatic heterocycles. The van der Waals surface area contributed by atoms with Crippen molar-refractivity contribution in [2.45, 2.75) is 32.2 Å². The second-order valence-corrected chi connectivity index (χ2v) is 8.03. The molecule has 0 saturated carbocycles. The van der Waals surface area contributed by atoms with E-state index in [4.69, 9.17) is 23.2 Å². The fourth-order valence-electron chi connectivity index (χ4n) is 4.16. The Hall–Kier alpha value is -2.17. The van der Waals surface area contributed by atoms with Crippen molar-refractivity contribution in [1.29, 1.82) is 0 Å². The van der Waals surface area contributed by atoms with Crippen molar-refractivity contribution in [3.8, 4) is 0 Å². The van der Waals surface area contributed by atoms with E-state index in [9.17, 15) is 9.90 Å². The fraction of sp³-hybridized carbons (Fsp3) is 0.318. The Kier molecular flexibility index (Phi) is 5.51. The predicted octanol–water partition coefficient (Wildman–Crippen LogP) is 5.66. The molecular weight excluding hydrogens is 395 g/mol. The zero-order valence-corrected chi connectivity index (χ0v) is 17.0. The van der Waals surface area contributed by atoms with Crippen molar-refractivity contribution in [1.82, 2.24) is 9.47 Å². The van der Waals surface area contributed by atoms with Gasteiger partial charge in [0.1, 0.15) is 0 Å². The van der Waals surface area contributed by atoms with E-state index in [2.05, 4.69) is 28.8 Å². The lowest BCUT2D eigenvalue weighted by molar-refractivity contribution is 0.147. The third kappa shape index (κ3) is 3.71. The first-order valence-corrected chi connectivity index (χ1v) is 10.3. The van der Waals surface area contributed by atoms with E-state index >= 15 is 0 Å². The van der Waals surface area contributed by atoms with Gasteiger partial charge in [0.25, 0.3) is 0 Å². The van der Waals surface area contributed by atoms with E-state index in [1.165, 1.54) is 21.7 Å². The van der Waals surface area contributed by atoms with Gasteiger partial charge in [-0.1, -0.05) is 53.5 Å². The highest BCUT2D eigenvalue weighted by Gasteiger charge is 2.24. The maximum atomic E-state index is 11.4. The van der Waals surface area contributed by atoms with Gasteiger partial charge in [0, 0.05) is 37.1 Å². The number of nitrogens with zero attached hydrogens (tertiary/aromatic N) is 2. The standard InChI is InChI=1S/C22H22Cl2N2O2/c23-18-13-17-16-8-11-25(22(27)28)12-9-20(16)26(21(17)14-19(18)24)10-4-7-15-5-2-1-3-6-15/h1-3,5-6,13-14H,4,7-12H2,(H,27,28). The van der Waals surface area contributed by atoms with Gasteiger partial charge >= 0.3 is 6.09 Å². The smallest absolute Gasteiger partial charge is 0.407 e. The maximum absolute atomic E-state index is 11.4. The predicted molar refractivity (Wildman–Crippen MR) is 114 cm³/mol. The van der Waals surface area contributed by atoms with Gasteiger partial charge in [-0.15, -0.1) is 0 Å². The minimum absolute atomic E-state index is 0.506. The van der Waals surface area contributed by atoms with Crippen LogP contribution in [0.3, 0.4) is 0 Å².